The van der Waals surface area contributed by atoms with Gasteiger partial charge >= 0.3 is 5.97 Å². The highest BCUT2D eigenvalue weighted by Gasteiger charge is 2.42. The normalized spacial score (nSPS) is 18.7. The molecular weight excluding hydrogens is 368 g/mol. The van der Waals surface area contributed by atoms with Gasteiger partial charge in [-0.2, -0.15) is 0 Å². The molecule has 3 rings (SSSR count). The van der Waals surface area contributed by atoms with E-state index in [2.05, 4.69) is 0 Å². The number of aromatic nitrogens is 1. The third kappa shape index (κ3) is 3.17. The van der Waals surface area contributed by atoms with Gasteiger partial charge in [0.25, 0.3) is 5.91 Å². The Bertz CT molecular complexity index is 932. The number of benzene rings is 1. The molecule has 1 saturated heterocycles. The number of hydrogen-bond donors (Lipinski definition) is 1. The zero-order chi connectivity index (χ0) is 19.0. The third-order valence-electron chi connectivity index (χ3n) is 4.75. The summed E-state index contributed by atoms with van der Waals surface area (Å²) in [6.07, 6.45) is 4.41. The highest BCUT2D eigenvalue weighted by molar-refractivity contribution is 8.26. The van der Waals surface area contributed by atoms with Gasteiger partial charge in [0.15, 0.2) is 0 Å². The van der Waals surface area contributed by atoms with Crippen molar-refractivity contribution in [2.24, 2.45) is 13.0 Å². The molecule has 0 saturated carbocycles. The van der Waals surface area contributed by atoms with E-state index in [0.29, 0.717) is 15.6 Å². The van der Waals surface area contributed by atoms with Crippen molar-refractivity contribution in [1.82, 2.24) is 9.47 Å². The molecule has 5 nitrogen and oxygen atoms in total. The van der Waals surface area contributed by atoms with Crippen LogP contribution in [0.1, 0.15) is 25.8 Å². The minimum absolute atomic E-state index is 0.188. The topological polar surface area (TPSA) is 62.5 Å². The molecule has 1 aliphatic rings. The first-order valence-electron chi connectivity index (χ1n) is 8.39. The monoisotopic (exact) mass is 388 g/mol. The molecule has 7 heteroatoms. The van der Waals surface area contributed by atoms with Gasteiger partial charge in [0.05, 0.1) is 4.91 Å². The molecule has 2 unspecified atom stereocenters. The zero-order valence-corrected chi connectivity index (χ0v) is 16.4. The smallest absolute Gasteiger partial charge is 0.327 e. The molecule has 0 radical (unpaired) electrons. The molecule has 2 atom stereocenters. The van der Waals surface area contributed by atoms with Crippen molar-refractivity contribution in [3.05, 3.63) is 40.9 Å². The highest BCUT2D eigenvalue weighted by Crippen LogP contribution is 2.37. The summed E-state index contributed by atoms with van der Waals surface area (Å²) in [5.41, 5.74) is 1.98. The Labute approximate surface area is 161 Å². The Kier molecular flexibility index (Phi) is 5.20. The number of carboxylic acids is 1. The fourth-order valence-electron chi connectivity index (χ4n) is 3.18. The number of hydrogen-bond acceptors (Lipinski definition) is 4. The molecule has 1 amide bonds. The van der Waals surface area contributed by atoms with Crippen LogP contribution in [-0.4, -0.2) is 36.8 Å². The number of carbonyl (C=O) groups is 2. The lowest BCUT2D eigenvalue weighted by Crippen LogP contribution is -2.47. The van der Waals surface area contributed by atoms with E-state index >= 15 is 0 Å². The standard InChI is InChI=1S/C19H20N2O3S2/c1-4-11(2)16(18(23)24)21-17(22)15(26-19(21)25)9-12-10-20(3)14-8-6-5-7-13(12)14/h5-11,16H,4H2,1-3H3,(H,23,24)/b15-9-. The van der Waals surface area contributed by atoms with E-state index < -0.39 is 12.0 Å². The highest BCUT2D eigenvalue weighted by atomic mass is 32.2. The first-order chi connectivity index (χ1) is 12.3. The molecule has 1 fully saturated rings. The summed E-state index contributed by atoms with van der Waals surface area (Å²) in [4.78, 5) is 26.4. The number of aliphatic carboxylic acids is 1. The number of thiocarbonyl (C=S) groups is 1. The van der Waals surface area contributed by atoms with E-state index in [4.69, 9.17) is 12.2 Å². The van der Waals surface area contributed by atoms with E-state index in [-0.39, 0.29) is 11.8 Å². The van der Waals surface area contributed by atoms with E-state index in [0.717, 1.165) is 28.2 Å². The summed E-state index contributed by atoms with van der Waals surface area (Å²) in [5, 5.41) is 10.6. The van der Waals surface area contributed by atoms with Crippen LogP contribution in [0.5, 0.6) is 0 Å². The maximum Gasteiger partial charge on any atom is 0.327 e. The van der Waals surface area contributed by atoms with Gasteiger partial charge in [0, 0.05) is 29.7 Å². The van der Waals surface area contributed by atoms with Crippen LogP contribution in [0.2, 0.25) is 0 Å². The Hall–Kier alpha value is -2.12. The van der Waals surface area contributed by atoms with Gasteiger partial charge in [-0.3, -0.25) is 9.69 Å². The van der Waals surface area contributed by atoms with Gasteiger partial charge in [-0.05, 0) is 18.1 Å². The number of nitrogens with zero attached hydrogens (tertiary/aromatic N) is 2. The Morgan fingerprint density at radius 1 is 1.38 bits per heavy atom. The maximum absolute atomic E-state index is 12.9. The minimum atomic E-state index is -1.03. The zero-order valence-electron chi connectivity index (χ0n) is 14.8. The molecule has 0 bridgehead atoms. The van der Waals surface area contributed by atoms with Gasteiger partial charge in [-0.15, -0.1) is 0 Å². The number of rotatable bonds is 5. The Balaban J connectivity index is 2.00. The van der Waals surface area contributed by atoms with Crippen molar-refractivity contribution in [2.45, 2.75) is 26.3 Å². The summed E-state index contributed by atoms with van der Waals surface area (Å²) in [6, 6.07) is 7.00. The predicted octanol–water partition coefficient (Wildman–Crippen LogP) is 3.88. The predicted molar refractivity (Wildman–Crippen MR) is 109 cm³/mol. The fourth-order valence-corrected chi connectivity index (χ4v) is 4.50. The van der Waals surface area contributed by atoms with Crippen LogP contribution in [0.15, 0.2) is 35.4 Å². The van der Waals surface area contributed by atoms with Crippen molar-refractivity contribution in [1.29, 1.82) is 0 Å². The summed E-state index contributed by atoms with van der Waals surface area (Å²) in [5.74, 6) is -1.55. The van der Waals surface area contributed by atoms with E-state index in [9.17, 15) is 14.7 Å². The second-order valence-electron chi connectivity index (χ2n) is 6.43. The van der Waals surface area contributed by atoms with Gasteiger partial charge in [0.2, 0.25) is 0 Å². The van der Waals surface area contributed by atoms with Crippen LogP contribution >= 0.6 is 24.0 Å². The summed E-state index contributed by atoms with van der Waals surface area (Å²) in [7, 11) is 1.95. The molecule has 0 spiro atoms. The molecule has 0 aliphatic carbocycles. The third-order valence-corrected chi connectivity index (χ3v) is 6.08. The van der Waals surface area contributed by atoms with Gasteiger partial charge < -0.3 is 9.67 Å². The SMILES string of the molecule is CCC(C)C(C(=O)O)N1C(=O)/C(=C/c2cn(C)c3ccccc23)SC1=S. The second kappa shape index (κ2) is 7.25. The van der Waals surface area contributed by atoms with Crippen LogP contribution in [0.4, 0.5) is 0 Å². The molecule has 1 aromatic heterocycles. The molecule has 2 aromatic rings. The van der Waals surface area contributed by atoms with E-state index in [1.54, 1.807) is 6.08 Å². The lowest BCUT2D eigenvalue weighted by Gasteiger charge is -2.27. The number of fused-ring (bicyclic) bond motifs is 1. The van der Waals surface area contributed by atoms with E-state index in [1.165, 1.54) is 4.90 Å². The van der Waals surface area contributed by atoms with Crippen LogP contribution in [0.3, 0.4) is 0 Å². The number of amides is 1. The quantitative estimate of drug-likeness (QED) is 0.622. The first-order valence-corrected chi connectivity index (χ1v) is 9.61. The molecule has 136 valence electrons. The van der Waals surface area contributed by atoms with Crippen molar-refractivity contribution in [2.75, 3.05) is 0 Å². The molecule has 1 aliphatic heterocycles. The Morgan fingerprint density at radius 2 is 2.08 bits per heavy atom. The van der Waals surface area contributed by atoms with Crippen molar-refractivity contribution in [3.63, 3.8) is 0 Å². The number of carboxylic acid groups (broad SMARTS) is 1. The maximum atomic E-state index is 12.9. The second-order valence-corrected chi connectivity index (χ2v) is 8.11. The van der Waals surface area contributed by atoms with Crippen molar-refractivity contribution in [3.8, 4) is 0 Å². The van der Waals surface area contributed by atoms with Crippen LogP contribution in [0, 0.1) is 5.92 Å². The molecule has 1 N–H and O–H groups in total. The van der Waals surface area contributed by atoms with Gasteiger partial charge in [0.1, 0.15) is 10.4 Å². The molecule has 26 heavy (non-hydrogen) atoms. The molecular formula is C19H20N2O3S2. The number of aryl methyl sites for hydroxylation is 1. The van der Waals surface area contributed by atoms with Crippen molar-refractivity contribution >= 4 is 57.2 Å². The average Bonchev–Trinajstić information content (AvgIpc) is 3.06. The van der Waals surface area contributed by atoms with Crippen LogP contribution < -0.4 is 0 Å². The lowest BCUT2D eigenvalue weighted by atomic mass is 9.98. The van der Waals surface area contributed by atoms with Gasteiger partial charge in [-0.1, -0.05) is 62.4 Å². The van der Waals surface area contributed by atoms with Crippen LogP contribution in [0.25, 0.3) is 17.0 Å². The van der Waals surface area contributed by atoms with Crippen molar-refractivity contribution < 1.29 is 14.7 Å². The number of carbonyl (C=O) groups excluding carboxylic acids is 1. The largest absolute Gasteiger partial charge is 0.480 e. The lowest BCUT2D eigenvalue weighted by molar-refractivity contribution is -0.147. The first kappa shape index (κ1) is 18.7. The minimum Gasteiger partial charge on any atom is -0.480 e. The summed E-state index contributed by atoms with van der Waals surface area (Å²) >= 11 is 6.50. The van der Waals surface area contributed by atoms with Gasteiger partial charge in [-0.25, -0.2) is 4.79 Å². The summed E-state index contributed by atoms with van der Waals surface area (Å²) < 4.78 is 2.30. The molecule has 1 aromatic carbocycles. The Morgan fingerprint density at radius 3 is 2.73 bits per heavy atom. The number of thioether (sulfide) groups is 1. The van der Waals surface area contributed by atoms with E-state index in [1.807, 2.05) is 55.9 Å². The van der Waals surface area contributed by atoms with Crippen LogP contribution in [-0.2, 0) is 16.6 Å². The summed E-state index contributed by atoms with van der Waals surface area (Å²) in [6.45, 7) is 3.73. The number of para-hydroxylation sites is 1. The average molecular weight is 389 g/mol. The molecule has 2 heterocycles. The fraction of sp³-hybridized carbons (Fsp3) is 0.316.